The highest BCUT2D eigenvalue weighted by Gasteiger charge is 2.14. The predicted molar refractivity (Wildman–Crippen MR) is 97.3 cm³/mol. The van der Waals surface area contributed by atoms with Crippen LogP contribution in [0.2, 0.25) is 0 Å². The first-order valence-corrected chi connectivity index (χ1v) is 9.16. The molecule has 0 aliphatic heterocycles. The van der Waals surface area contributed by atoms with Gasteiger partial charge in [-0.2, -0.15) is 4.99 Å². The van der Waals surface area contributed by atoms with Gasteiger partial charge in [-0.1, -0.05) is 17.4 Å². The van der Waals surface area contributed by atoms with Crippen LogP contribution in [0.1, 0.15) is 16.1 Å². The molecule has 0 atom stereocenters. The van der Waals surface area contributed by atoms with Gasteiger partial charge in [-0.3, -0.25) is 19.7 Å². The standard InChI is InChI=1S/C16H13N3O5S2/c1-24-14(20)6-7-18-11-5-4-10(19(22)23)9-13(11)26-16(18)17-15(21)12-3-2-8-25-12/h2-5,8-9H,6-7H2,1H3. The maximum absolute atomic E-state index is 12.3. The van der Waals surface area contributed by atoms with Crippen LogP contribution in [0.5, 0.6) is 0 Å². The zero-order valence-electron chi connectivity index (χ0n) is 13.6. The number of thiophene rings is 1. The number of nitro benzene ring substituents is 1. The molecule has 10 heteroatoms. The molecule has 2 heterocycles. The van der Waals surface area contributed by atoms with E-state index in [2.05, 4.69) is 9.73 Å². The number of methoxy groups -OCH3 is 1. The summed E-state index contributed by atoms with van der Waals surface area (Å²) < 4.78 is 6.97. The fourth-order valence-corrected chi connectivity index (χ4v) is 4.02. The van der Waals surface area contributed by atoms with Gasteiger partial charge >= 0.3 is 5.97 Å². The lowest BCUT2D eigenvalue weighted by Crippen LogP contribution is -2.19. The summed E-state index contributed by atoms with van der Waals surface area (Å²) in [5, 5.41) is 12.8. The fraction of sp³-hybridized carbons (Fsp3) is 0.188. The van der Waals surface area contributed by atoms with Crippen molar-refractivity contribution < 1.29 is 19.2 Å². The fourth-order valence-electron chi connectivity index (χ4n) is 2.32. The van der Waals surface area contributed by atoms with Gasteiger partial charge in [-0.05, 0) is 17.5 Å². The van der Waals surface area contributed by atoms with E-state index in [-0.39, 0.29) is 18.7 Å². The molecule has 0 saturated heterocycles. The molecule has 0 bridgehead atoms. The molecule has 0 aliphatic carbocycles. The molecule has 0 fully saturated rings. The number of non-ortho nitro benzene ring substituents is 1. The predicted octanol–water partition coefficient (Wildman–Crippen LogP) is 2.98. The van der Waals surface area contributed by atoms with Gasteiger partial charge in [-0.15, -0.1) is 11.3 Å². The number of hydrogen-bond acceptors (Lipinski definition) is 7. The van der Waals surface area contributed by atoms with Crippen molar-refractivity contribution in [2.75, 3.05) is 7.11 Å². The third-order valence-electron chi connectivity index (χ3n) is 3.57. The number of aromatic nitrogens is 1. The van der Waals surface area contributed by atoms with Gasteiger partial charge in [-0.25, -0.2) is 0 Å². The van der Waals surface area contributed by atoms with Gasteiger partial charge in [0.15, 0.2) is 4.80 Å². The summed E-state index contributed by atoms with van der Waals surface area (Å²) in [5.74, 6) is -0.790. The number of amides is 1. The Hall–Kier alpha value is -2.85. The van der Waals surface area contributed by atoms with E-state index in [0.29, 0.717) is 19.9 Å². The molecule has 134 valence electrons. The van der Waals surface area contributed by atoms with Crippen molar-refractivity contribution in [3.8, 4) is 0 Å². The van der Waals surface area contributed by atoms with Crippen molar-refractivity contribution in [2.45, 2.75) is 13.0 Å². The van der Waals surface area contributed by atoms with Crippen LogP contribution in [-0.4, -0.2) is 28.5 Å². The van der Waals surface area contributed by atoms with Crippen LogP contribution in [0.15, 0.2) is 40.7 Å². The van der Waals surface area contributed by atoms with Crippen molar-refractivity contribution in [2.24, 2.45) is 4.99 Å². The van der Waals surface area contributed by atoms with Crippen LogP contribution in [0.3, 0.4) is 0 Å². The molecule has 0 aliphatic rings. The second-order valence-electron chi connectivity index (χ2n) is 5.17. The lowest BCUT2D eigenvalue weighted by Gasteiger charge is -2.04. The quantitative estimate of drug-likeness (QED) is 0.378. The number of esters is 1. The van der Waals surface area contributed by atoms with E-state index < -0.39 is 16.8 Å². The van der Waals surface area contributed by atoms with E-state index in [0.717, 1.165) is 11.3 Å². The number of thiazole rings is 1. The Morgan fingerprint density at radius 3 is 2.81 bits per heavy atom. The van der Waals surface area contributed by atoms with E-state index in [4.69, 9.17) is 0 Å². The molecule has 3 rings (SSSR count). The van der Waals surface area contributed by atoms with Crippen LogP contribution < -0.4 is 4.80 Å². The lowest BCUT2D eigenvalue weighted by atomic mass is 10.3. The van der Waals surface area contributed by atoms with Crippen molar-refractivity contribution >= 4 is 50.5 Å². The Kier molecular flexibility index (Phi) is 5.24. The van der Waals surface area contributed by atoms with Gasteiger partial charge in [0, 0.05) is 18.7 Å². The summed E-state index contributed by atoms with van der Waals surface area (Å²) in [4.78, 5) is 39.3. The first-order valence-electron chi connectivity index (χ1n) is 7.47. The number of hydrogen-bond donors (Lipinski definition) is 0. The molecule has 0 unspecified atom stereocenters. The number of nitrogens with zero attached hydrogens (tertiary/aromatic N) is 3. The molecule has 0 radical (unpaired) electrons. The smallest absolute Gasteiger partial charge is 0.307 e. The topological polar surface area (TPSA) is 104 Å². The zero-order valence-corrected chi connectivity index (χ0v) is 15.2. The summed E-state index contributed by atoms with van der Waals surface area (Å²) in [6.07, 6.45) is 0.0969. The average Bonchev–Trinajstić information content (AvgIpc) is 3.27. The molecule has 0 saturated carbocycles. The van der Waals surface area contributed by atoms with E-state index in [1.165, 1.54) is 30.6 Å². The summed E-state index contributed by atoms with van der Waals surface area (Å²) in [6, 6.07) is 7.84. The minimum Gasteiger partial charge on any atom is -0.469 e. The number of aryl methyl sites for hydroxylation is 1. The third kappa shape index (κ3) is 3.70. The molecule has 0 N–H and O–H groups in total. The van der Waals surface area contributed by atoms with Crippen molar-refractivity contribution in [1.82, 2.24) is 4.57 Å². The molecule has 1 amide bonds. The van der Waals surface area contributed by atoms with Crippen LogP contribution >= 0.6 is 22.7 Å². The molecule has 8 nitrogen and oxygen atoms in total. The molecule has 2 aromatic heterocycles. The molecular formula is C16H13N3O5S2. The summed E-state index contributed by atoms with van der Waals surface area (Å²) in [5.41, 5.74) is 0.622. The van der Waals surface area contributed by atoms with Gasteiger partial charge in [0.2, 0.25) is 0 Å². The Balaban J connectivity index is 2.11. The minimum atomic E-state index is -0.481. The Bertz CT molecular complexity index is 1050. The first-order chi connectivity index (χ1) is 12.5. The number of nitro groups is 1. The van der Waals surface area contributed by atoms with Crippen molar-refractivity contribution in [1.29, 1.82) is 0 Å². The Morgan fingerprint density at radius 2 is 2.15 bits per heavy atom. The second kappa shape index (κ2) is 7.58. The first kappa shape index (κ1) is 18.0. The highest BCUT2D eigenvalue weighted by atomic mass is 32.1. The normalized spacial score (nSPS) is 11.7. The second-order valence-corrected chi connectivity index (χ2v) is 7.12. The maximum Gasteiger partial charge on any atom is 0.307 e. The highest BCUT2D eigenvalue weighted by Crippen LogP contribution is 2.23. The largest absolute Gasteiger partial charge is 0.469 e. The van der Waals surface area contributed by atoms with Gasteiger partial charge in [0.25, 0.3) is 11.6 Å². The van der Waals surface area contributed by atoms with E-state index in [1.807, 2.05) is 0 Å². The number of benzene rings is 1. The molecule has 0 spiro atoms. The van der Waals surface area contributed by atoms with Crippen molar-refractivity contribution in [3.63, 3.8) is 0 Å². The molecule has 1 aromatic carbocycles. The summed E-state index contributed by atoms with van der Waals surface area (Å²) >= 11 is 2.44. The van der Waals surface area contributed by atoms with Crippen LogP contribution in [0, 0.1) is 10.1 Å². The number of ether oxygens (including phenoxy) is 1. The number of carbonyl (C=O) groups is 2. The van der Waals surface area contributed by atoms with Gasteiger partial charge in [0.05, 0.1) is 33.5 Å². The van der Waals surface area contributed by atoms with E-state index in [1.54, 1.807) is 28.1 Å². The summed E-state index contributed by atoms with van der Waals surface area (Å²) in [6.45, 7) is 0.251. The monoisotopic (exact) mass is 391 g/mol. The van der Waals surface area contributed by atoms with Gasteiger partial charge in [0.1, 0.15) is 0 Å². The van der Waals surface area contributed by atoms with Crippen LogP contribution in [0.25, 0.3) is 10.2 Å². The van der Waals surface area contributed by atoms with Gasteiger partial charge < -0.3 is 9.30 Å². The SMILES string of the molecule is COC(=O)CCn1c(=NC(=O)c2cccs2)sc2cc([N+](=O)[O-])ccc21. The average molecular weight is 391 g/mol. The Morgan fingerprint density at radius 1 is 1.35 bits per heavy atom. The maximum atomic E-state index is 12.3. The lowest BCUT2D eigenvalue weighted by molar-refractivity contribution is -0.384. The number of fused-ring (bicyclic) bond motifs is 1. The van der Waals surface area contributed by atoms with Crippen LogP contribution in [-0.2, 0) is 16.1 Å². The molecular weight excluding hydrogens is 378 g/mol. The molecule has 26 heavy (non-hydrogen) atoms. The van der Waals surface area contributed by atoms with Crippen molar-refractivity contribution in [3.05, 3.63) is 55.5 Å². The Labute approximate surface area is 155 Å². The van der Waals surface area contributed by atoms with E-state index in [9.17, 15) is 19.7 Å². The minimum absolute atomic E-state index is 0.0463. The van der Waals surface area contributed by atoms with E-state index >= 15 is 0 Å². The highest BCUT2D eigenvalue weighted by molar-refractivity contribution is 7.16. The third-order valence-corrected chi connectivity index (χ3v) is 5.47. The molecule has 3 aromatic rings. The van der Waals surface area contributed by atoms with Crippen LogP contribution in [0.4, 0.5) is 5.69 Å². The number of rotatable bonds is 5. The summed E-state index contributed by atoms with van der Waals surface area (Å²) in [7, 11) is 1.30. The zero-order chi connectivity index (χ0) is 18.7. The number of carbonyl (C=O) groups excluding carboxylic acids is 2.